The molecule has 1 unspecified atom stereocenters. The molecule has 9 heteroatoms. The van der Waals surface area contributed by atoms with Gasteiger partial charge in [0.25, 0.3) is 0 Å². The summed E-state index contributed by atoms with van der Waals surface area (Å²) in [4.78, 5) is 21.2. The van der Waals surface area contributed by atoms with Crippen LogP contribution >= 0.6 is 0 Å². The standard InChI is InChI=1S/C21H20N6O3/c1-3-30-17-11-22-21(23-12-17)15-6-4-5-14(9-15)20(29)19-18(28)7-8-27(25-19)16-10-24-26(2)13-16/h4-13,20,29H,3H2,1-2H3/i7D,8D,10D. The zero-order valence-electron chi connectivity index (χ0n) is 19.3. The molecule has 1 aromatic carbocycles. The molecule has 0 saturated heterocycles. The van der Waals surface area contributed by atoms with E-state index in [9.17, 15) is 9.90 Å². The van der Waals surface area contributed by atoms with E-state index in [0.29, 0.717) is 29.3 Å². The van der Waals surface area contributed by atoms with Crippen LogP contribution in [0, 0.1) is 0 Å². The van der Waals surface area contributed by atoms with Crippen molar-refractivity contribution in [3.05, 3.63) is 82.7 Å². The van der Waals surface area contributed by atoms with Crippen LogP contribution in [0.15, 0.2) is 66.0 Å². The molecular weight excluding hydrogens is 384 g/mol. The second-order valence-corrected chi connectivity index (χ2v) is 6.37. The Bertz CT molecular complexity index is 1370. The number of aryl methyl sites for hydroxylation is 1. The minimum absolute atomic E-state index is 0.112. The predicted molar refractivity (Wildman–Crippen MR) is 109 cm³/mol. The van der Waals surface area contributed by atoms with E-state index in [1.807, 2.05) is 6.92 Å². The van der Waals surface area contributed by atoms with Gasteiger partial charge < -0.3 is 9.84 Å². The number of benzene rings is 1. The van der Waals surface area contributed by atoms with Gasteiger partial charge in [0.1, 0.15) is 17.5 Å². The Morgan fingerprint density at radius 2 is 2.10 bits per heavy atom. The lowest BCUT2D eigenvalue weighted by Crippen LogP contribution is -2.20. The highest BCUT2D eigenvalue weighted by Crippen LogP contribution is 2.24. The van der Waals surface area contributed by atoms with E-state index < -0.39 is 23.7 Å². The van der Waals surface area contributed by atoms with Crippen molar-refractivity contribution >= 4 is 0 Å². The van der Waals surface area contributed by atoms with E-state index in [1.165, 1.54) is 10.9 Å². The maximum absolute atomic E-state index is 12.7. The minimum atomic E-state index is -1.48. The Hall–Kier alpha value is -3.85. The van der Waals surface area contributed by atoms with E-state index in [0.717, 1.165) is 4.68 Å². The van der Waals surface area contributed by atoms with Crippen LogP contribution in [0.25, 0.3) is 17.1 Å². The number of rotatable bonds is 6. The average Bonchev–Trinajstić information content (AvgIpc) is 3.15. The summed E-state index contributed by atoms with van der Waals surface area (Å²) in [5.41, 5.74) is -0.179. The minimum Gasteiger partial charge on any atom is -0.491 e. The van der Waals surface area contributed by atoms with Gasteiger partial charge in [0.15, 0.2) is 11.6 Å². The van der Waals surface area contributed by atoms with Gasteiger partial charge in [-0.25, -0.2) is 14.6 Å². The third-order valence-electron chi connectivity index (χ3n) is 4.23. The maximum atomic E-state index is 12.7. The molecule has 152 valence electrons. The molecule has 9 nitrogen and oxygen atoms in total. The third kappa shape index (κ3) is 3.96. The van der Waals surface area contributed by atoms with Crippen LogP contribution in [-0.4, -0.2) is 41.2 Å². The Morgan fingerprint density at radius 1 is 1.30 bits per heavy atom. The third-order valence-corrected chi connectivity index (χ3v) is 4.23. The molecule has 0 saturated carbocycles. The topological polar surface area (TPSA) is 108 Å². The van der Waals surface area contributed by atoms with Gasteiger partial charge in [-0.2, -0.15) is 10.2 Å². The zero-order valence-corrected chi connectivity index (χ0v) is 16.3. The lowest BCUT2D eigenvalue weighted by Gasteiger charge is -2.13. The SMILES string of the molecule is [2H]c1nn(C)cc1-n1nc(C(O)c2cccc(-c3ncc(OCC)cn3)c2)c(=O)c([2H])c1[2H]. The number of hydrogen-bond acceptors (Lipinski definition) is 7. The van der Waals surface area contributed by atoms with Gasteiger partial charge in [-0.3, -0.25) is 9.48 Å². The maximum Gasteiger partial charge on any atom is 0.206 e. The predicted octanol–water partition coefficient (Wildman–Crippen LogP) is 1.90. The fourth-order valence-corrected chi connectivity index (χ4v) is 2.82. The van der Waals surface area contributed by atoms with Crippen molar-refractivity contribution in [2.45, 2.75) is 13.0 Å². The number of nitrogens with zero attached hydrogens (tertiary/aromatic N) is 6. The molecule has 0 bridgehead atoms. The first kappa shape index (κ1) is 16.0. The van der Waals surface area contributed by atoms with E-state index in [-0.39, 0.29) is 17.6 Å². The van der Waals surface area contributed by atoms with E-state index in [4.69, 9.17) is 8.85 Å². The molecule has 0 aliphatic rings. The Morgan fingerprint density at radius 3 is 2.80 bits per heavy atom. The summed E-state index contributed by atoms with van der Waals surface area (Å²) >= 11 is 0. The van der Waals surface area contributed by atoms with E-state index in [1.54, 1.807) is 43.7 Å². The van der Waals surface area contributed by atoms with Gasteiger partial charge in [0.05, 0.1) is 35.5 Å². The smallest absolute Gasteiger partial charge is 0.206 e. The first-order chi connectivity index (χ1) is 15.8. The highest BCUT2D eigenvalue weighted by atomic mass is 16.5. The monoisotopic (exact) mass is 407 g/mol. The molecule has 1 N–H and O–H groups in total. The van der Waals surface area contributed by atoms with Crippen molar-refractivity contribution in [2.24, 2.45) is 7.05 Å². The van der Waals surface area contributed by atoms with E-state index >= 15 is 0 Å². The summed E-state index contributed by atoms with van der Waals surface area (Å²) in [7, 11) is 1.60. The Labute approximate surface area is 176 Å². The van der Waals surface area contributed by atoms with Crippen molar-refractivity contribution in [3.8, 4) is 22.8 Å². The normalized spacial score (nSPS) is 13.4. The molecular formula is C21H20N6O3. The summed E-state index contributed by atoms with van der Waals surface area (Å²) < 4.78 is 31.8. The van der Waals surface area contributed by atoms with Crippen LogP contribution in [0.3, 0.4) is 0 Å². The van der Waals surface area contributed by atoms with Crippen molar-refractivity contribution in [2.75, 3.05) is 6.61 Å². The second kappa shape index (κ2) is 8.26. The number of aliphatic hydroxyl groups excluding tert-OH is 1. The lowest BCUT2D eigenvalue weighted by atomic mass is 10.0. The van der Waals surface area contributed by atoms with Crippen LogP contribution in [0.2, 0.25) is 0 Å². The molecule has 0 fully saturated rings. The Balaban J connectivity index is 1.75. The van der Waals surface area contributed by atoms with Crippen molar-refractivity contribution in [3.63, 3.8) is 0 Å². The largest absolute Gasteiger partial charge is 0.491 e. The highest BCUT2D eigenvalue weighted by Gasteiger charge is 2.18. The molecule has 0 aliphatic carbocycles. The quantitative estimate of drug-likeness (QED) is 0.520. The molecule has 0 spiro atoms. The average molecular weight is 407 g/mol. The van der Waals surface area contributed by atoms with Crippen LogP contribution in [0.5, 0.6) is 5.75 Å². The second-order valence-electron chi connectivity index (χ2n) is 6.37. The summed E-state index contributed by atoms with van der Waals surface area (Å²) in [6.45, 7) is 2.35. The van der Waals surface area contributed by atoms with Crippen LogP contribution < -0.4 is 10.2 Å². The van der Waals surface area contributed by atoms with E-state index in [2.05, 4.69) is 20.2 Å². The molecule has 4 aromatic rings. The molecule has 1 atom stereocenters. The van der Waals surface area contributed by atoms with Crippen molar-refractivity contribution < 1.29 is 14.0 Å². The number of aliphatic hydroxyl groups is 1. The van der Waals surface area contributed by atoms with Gasteiger partial charge in [-0.1, -0.05) is 18.2 Å². The highest BCUT2D eigenvalue weighted by molar-refractivity contribution is 5.56. The lowest BCUT2D eigenvalue weighted by molar-refractivity contribution is 0.212. The van der Waals surface area contributed by atoms with Crippen LogP contribution in [-0.2, 0) is 7.05 Å². The van der Waals surface area contributed by atoms with Crippen LogP contribution in [0.1, 0.15) is 28.4 Å². The van der Waals surface area contributed by atoms with Crippen molar-refractivity contribution in [1.29, 1.82) is 0 Å². The summed E-state index contributed by atoms with van der Waals surface area (Å²) in [5, 5.41) is 19.0. The molecule has 3 aromatic heterocycles. The molecule has 0 amide bonds. The first-order valence-electron chi connectivity index (χ1n) is 10.6. The molecule has 3 heterocycles. The number of aromatic nitrogens is 6. The molecule has 0 aliphatic heterocycles. The van der Waals surface area contributed by atoms with Crippen LogP contribution in [0.4, 0.5) is 0 Å². The number of hydrogen-bond donors (Lipinski definition) is 1. The molecule has 4 rings (SSSR count). The summed E-state index contributed by atoms with van der Waals surface area (Å²) in [5.74, 6) is 0.930. The van der Waals surface area contributed by atoms with Gasteiger partial charge >= 0.3 is 0 Å². The number of ether oxygens (including phenoxy) is 1. The summed E-state index contributed by atoms with van der Waals surface area (Å²) in [6.07, 6.45) is 2.35. The molecule has 30 heavy (non-hydrogen) atoms. The van der Waals surface area contributed by atoms with Gasteiger partial charge in [-0.15, -0.1) is 0 Å². The van der Waals surface area contributed by atoms with Gasteiger partial charge in [0.2, 0.25) is 5.43 Å². The zero-order chi connectivity index (χ0) is 23.7. The van der Waals surface area contributed by atoms with Gasteiger partial charge in [-0.05, 0) is 18.6 Å². The fraction of sp³-hybridized carbons (Fsp3) is 0.190. The van der Waals surface area contributed by atoms with Crippen molar-refractivity contribution in [1.82, 2.24) is 29.5 Å². The van der Waals surface area contributed by atoms with Gasteiger partial charge in [0, 0.05) is 24.8 Å². The fourth-order valence-electron chi connectivity index (χ4n) is 2.82. The summed E-state index contributed by atoms with van der Waals surface area (Å²) in [6, 6.07) is 6.00. The molecule has 0 radical (unpaired) electrons. The Kier molecular flexibility index (Phi) is 4.40. The first-order valence-corrected chi connectivity index (χ1v) is 9.14.